The van der Waals surface area contributed by atoms with Crippen molar-refractivity contribution < 1.29 is 19.2 Å². The minimum atomic E-state index is -0.349. The van der Waals surface area contributed by atoms with Gasteiger partial charge in [-0.15, -0.1) is 0 Å². The van der Waals surface area contributed by atoms with Crippen LogP contribution < -0.4 is 0 Å². The third-order valence-corrected chi connectivity index (χ3v) is 11.3. The first-order chi connectivity index (χ1) is 19.3. The number of rotatable bonds is 2. The molecule has 2 aromatic carbocycles. The van der Waals surface area contributed by atoms with Gasteiger partial charge in [-0.2, -0.15) is 0 Å². The first kappa shape index (κ1) is 29.0. The van der Waals surface area contributed by atoms with Crippen molar-refractivity contribution in [3.8, 4) is 0 Å². The Morgan fingerprint density at radius 3 is 0.905 bits per heavy atom. The molecular formula is C34H44N4O4. The van der Waals surface area contributed by atoms with Gasteiger partial charge in [0.2, 0.25) is 0 Å². The van der Waals surface area contributed by atoms with Crippen LogP contribution in [-0.4, -0.2) is 91.6 Å². The Balaban J connectivity index is 1.43. The largest absolute Gasteiger partial charge is 0.296 e. The zero-order valence-corrected chi connectivity index (χ0v) is 26.7. The highest BCUT2D eigenvalue weighted by atomic mass is 16.2. The minimum absolute atomic E-state index is 0.212. The van der Waals surface area contributed by atoms with Crippen LogP contribution in [0.1, 0.15) is 123 Å². The summed E-state index contributed by atoms with van der Waals surface area (Å²) in [5.41, 5.74) is 0.691. The molecular weight excluding hydrogens is 528 g/mol. The van der Waals surface area contributed by atoms with Crippen molar-refractivity contribution in [2.45, 2.75) is 115 Å². The van der Waals surface area contributed by atoms with Crippen LogP contribution in [0.4, 0.5) is 0 Å². The van der Waals surface area contributed by atoms with Crippen molar-refractivity contribution in [1.82, 2.24) is 19.6 Å². The summed E-state index contributed by atoms with van der Waals surface area (Å²) in [6.07, 6.45) is 2.64. The number of carbonyl (C=O) groups is 4. The summed E-state index contributed by atoms with van der Waals surface area (Å²) >= 11 is 0. The van der Waals surface area contributed by atoms with Gasteiger partial charge >= 0.3 is 0 Å². The first-order valence-corrected chi connectivity index (χ1v) is 15.1. The molecule has 0 bridgehead atoms. The number of imide groups is 2. The number of amides is 4. The van der Waals surface area contributed by atoms with Gasteiger partial charge in [0.25, 0.3) is 23.6 Å². The molecule has 4 aliphatic heterocycles. The van der Waals surface area contributed by atoms with Crippen LogP contribution in [0.5, 0.6) is 0 Å². The van der Waals surface area contributed by atoms with Gasteiger partial charge in [0, 0.05) is 67.3 Å². The fourth-order valence-corrected chi connectivity index (χ4v) is 8.58. The summed E-state index contributed by atoms with van der Waals surface area (Å²) in [7, 11) is 4.19. The molecule has 4 amide bonds. The van der Waals surface area contributed by atoms with Crippen molar-refractivity contribution in [1.29, 1.82) is 0 Å². The van der Waals surface area contributed by atoms with Crippen molar-refractivity contribution in [3.05, 3.63) is 46.5 Å². The van der Waals surface area contributed by atoms with Gasteiger partial charge in [-0.3, -0.25) is 38.8 Å². The summed E-state index contributed by atoms with van der Waals surface area (Å²) in [6, 6.07) is 6.21. The molecule has 0 saturated carbocycles. The SMILES string of the molecule is CN1C(C)(C)CC(N2C(=O)c3ccc4c5c(ccc(c35)C2=O)C(=O)N(C2CC(C)(C)N(C)C(C)(C)C2)C4=O)CC1(C)C. The third-order valence-electron chi connectivity index (χ3n) is 11.3. The number of carbonyl (C=O) groups excluding carboxylic acids is 4. The molecule has 8 nitrogen and oxygen atoms in total. The highest BCUT2D eigenvalue weighted by molar-refractivity contribution is 6.33. The molecule has 2 aromatic rings. The quantitative estimate of drug-likeness (QED) is 0.453. The number of hydrogen-bond acceptors (Lipinski definition) is 6. The topological polar surface area (TPSA) is 81.2 Å². The number of piperidine rings is 2. The molecule has 0 aliphatic carbocycles. The molecule has 4 heterocycles. The fourth-order valence-electron chi connectivity index (χ4n) is 8.58. The molecule has 0 unspecified atom stereocenters. The average molecular weight is 573 g/mol. The highest BCUT2D eigenvalue weighted by Gasteiger charge is 2.51. The van der Waals surface area contributed by atoms with Gasteiger partial charge in [-0.1, -0.05) is 0 Å². The Bertz CT molecular complexity index is 1360. The second-order valence-electron chi connectivity index (χ2n) is 15.5. The second-order valence-corrected chi connectivity index (χ2v) is 15.5. The number of nitrogens with zero attached hydrogens (tertiary/aromatic N) is 4. The smallest absolute Gasteiger partial charge is 0.261 e. The summed E-state index contributed by atoms with van der Waals surface area (Å²) in [5, 5.41) is 0.876. The van der Waals surface area contributed by atoms with Crippen molar-refractivity contribution in [2.24, 2.45) is 0 Å². The van der Waals surface area contributed by atoms with Gasteiger partial charge in [-0.05, 0) is 119 Å². The summed E-state index contributed by atoms with van der Waals surface area (Å²) < 4.78 is 0. The van der Waals surface area contributed by atoms with Gasteiger partial charge in [0.05, 0.1) is 0 Å². The Morgan fingerprint density at radius 2 is 0.690 bits per heavy atom. The van der Waals surface area contributed by atoms with Gasteiger partial charge in [0.15, 0.2) is 0 Å². The highest BCUT2D eigenvalue weighted by Crippen LogP contribution is 2.45. The van der Waals surface area contributed by atoms with E-state index in [-0.39, 0.29) is 57.9 Å². The lowest BCUT2D eigenvalue weighted by molar-refractivity contribution is -0.0384. The fraction of sp³-hybridized carbons (Fsp3) is 0.588. The molecule has 4 aliphatic rings. The van der Waals surface area contributed by atoms with Crippen molar-refractivity contribution in [2.75, 3.05) is 14.1 Å². The summed E-state index contributed by atoms with van der Waals surface area (Å²) in [4.78, 5) is 63.9. The van der Waals surface area contributed by atoms with E-state index in [1.807, 2.05) is 0 Å². The Kier molecular flexibility index (Phi) is 6.02. The van der Waals surface area contributed by atoms with E-state index in [1.54, 1.807) is 24.3 Å². The zero-order chi connectivity index (χ0) is 30.9. The van der Waals surface area contributed by atoms with E-state index in [4.69, 9.17) is 0 Å². The minimum Gasteiger partial charge on any atom is -0.296 e. The van der Waals surface area contributed by atoms with Crippen LogP contribution in [-0.2, 0) is 0 Å². The molecule has 0 atom stereocenters. The maximum atomic E-state index is 14.1. The van der Waals surface area contributed by atoms with E-state index in [1.165, 1.54) is 9.80 Å². The van der Waals surface area contributed by atoms with Crippen LogP contribution >= 0.6 is 0 Å². The monoisotopic (exact) mass is 572 g/mol. The number of benzene rings is 2. The van der Waals surface area contributed by atoms with Crippen LogP contribution in [0.2, 0.25) is 0 Å². The zero-order valence-electron chi connectivity index (χ0n) is 26.7. The Morgan fingerprint density at radius 1 is 0.476 bits per heavy atom. The predicted octanol–water partition coefficient (Wildman–Crippen LogP) is 5.33. The molecule has 0 aromatic heterocycles. The van der Waals surface area contributed by atoms with E-state index in [0.29, 0.717) is 58.7 Å². The molecule has 2 saturated heterocycles. The van der Waals surface area contributed by atoms with E-state index in [0.717, 1.165) is 0 Å². The molecule has 0 N–H and O–H groups in total. The Labute approximate surface area is 249 Å². The molecule has 6 rings (SSSR count). The average Bonchev–Trinajstić information content (AvgIpc) is 2.87. The number of likely N-dealkylation sites (tertiary alicyclic amines) is 2. The lowest BCUT2D eigenvalue weighted by atomic mass is 9.75. The normalized spacial score (nSPS) is 26.0. The molecule has 0 radical (unpaired) electrons. The van der Waals surface area contributed by atoms with Gasteiger partial charge < -0.3 is 0 Å². The van der Waals surface area contributed by atoms with E-state index in [9.17, 15) is 19.2 Å². The lowest BCUT2D eigenvalue weighted by Crippen LogP contribution is -2.64. The van der Waals surface area contributed by atoms with Crippen LogP contribution in [0.25, 0.3) is 10.8 Å². The predicted molar refractivity (Wildman–Crippen MR) is 163 cm³/mol. The maximum Gasteiger partial charge on any atom is 0.261 e. The van der Waals surface area contributed by atoms with E-state index in [2.05, 4.69) is 79.3 Å². The van der Waals surface area contributed by atoms with E-state index >= 15 is 0 Å². The molecule has 8 heteroatoms. The van der Waals surface area contributed by atoms with Crippen LogP contribution in [0, 0.1) is 0 Å². The number of hydrogen-bond donors (Lipinski definition) is 0. The van der Waals surface area contributed by atoms with Crippen molar-refractivity contribution >= 4 is 34.4 Å². The first-order valence-electron chi connectivity index (χ1n) is 15.1. The molecule has 224 valence electrons. The molecule has 2 fully saturated rings. The second kappa shape index (κ2) is 8.73. The lowest BCUT2D eigenvalue weighted by Gasteiger charge is -2.55. The maximum absolute atomic E-state index is 14.1. The summed E-state index contributed by atoms with van der Waals surface area (Å²) in [5.74, 6) is -1.39. The standard InChI is InChI=1S/C34H44N4O4/c1-31(2)15-19(16-32(3,4)35(31)9)37-27(39)21-11-13-23-26-24(14-12-22(25(21)26)28(37)40)30(42)38(29(23)41)20-17-33(5,6)36(10)34(7,8)18-20/h11-14,19-20H,15-18H2,1-10H3. The third kappa shape index (κ3) is 3.87. The Hall–Kier alpha value is -3.10. The summed E-state index contributed by atoms with van der Waals surface area (Å²) in [6.45, 7) is 17.2. The van der Waals surface area contributed by atoms with Crippen LogP contribution in [0.15, 0.2) is 24.3 Å². The van der Waals surface area contributed by atoms with Gasteiger partial charge in [0.1, 0.15) is 0 Å². The van der Waals surface area contributed by atoms with Gasteiger partial charge in [-0.25, -0.2) is 0 Å². The van der Waals surface area contributed by atoms with Crippen molar-refractivity contribution in [3.63, 3.8) is 0 Å². The molecule has 0 spiro atoms. The molecule has 42 heavy (non-hydrogen) atoms. The van der Waals surface area contributed by atoms with E-state index < -0.39 is 0 Å². The van der Waals surface area contributed by atoms with Crippen LogP contribution in [0.3, 0.4) is 0 Å².